The zero-order valence-corrected chi connectivity index (χ0v) is 9.05. The molecule has 82 valence electrons. The van der Waals surface area contributed by atoms with E-state index >= 15 is 0 Å². The molecule has 2 rings (SSSR count). The molecule has 0 unspecified atom stereocenters. The van der Waals surface area contributed by atoms with Gasteiger partial charge in [-0.05, 0) is 23.8 Å². The Kier molecular flexibility index (Phi) is 3.17. The molecular formula is C13H13NO2. The normalized spacial score (nSPS) is 10.1. The first-order chi connectivity index (χ1) is 7.85. The molecule has 0 amide bonds. The van der Waals surface area contributed by atoms with E-state index in [9.17, 15) is 0 Å². The Labute approximate surface area is 94.3 Å². The highest BCUT2D eigenvalue weighted by molar-refractivity contribution is 5.66. The summed E-state index contributed by atoms with van der Waals surface area (Å²) in [4.78, 5) is 4.29. The summed E-state index contributed by atoms with van der Waals surface area (Å²) in [5.41, 5.74) is 2.61. The van der Waals surface area contributed by atoms with Crippen molar-refractivity contribution < 1.29 is 9.84 Å². The second-order valence-electron chi connectivity index (χ2n) is 3.41. The third-order valence-electron chi connectivity index (χ3n) is 2.37. The third kappa shape index (κ3) is 2.04. The zero-order chi connectivity index (χ0) is 11.4. The fraction of sp³-hybridized carbons (Fsp3) is 0.154. The molecule has 0 spiro atoms. The molecule has 0 aliphatic rings. The molecule has 0 aliphatic carbocycles. The van der Waals surface area contributed by atoms with Crippen LogP contribution < -0.4 is 4.74 Å². The van der Waals surface area contributed by atoms with Gasteiger partial charge < -0.3 is 9.84 Å². The lowest BCUT2D eigenvalue weighted by molar-refractivity contribution is 0.282. The van der Waals surface area contributed by atoms with E-state index in [1.54, 1.807) is 13.3 Å². The minimum Gasteiger partial charge on any atom is -0.494 e. The van der Waals surface area contributed by atoms with Gasteiger partial charge in [0.25, 0.3) is 0 Å². The molecule has 0 atom stereocenters. The van der Waals surface area contributed by atoms with Crippen LogP contribution in [0.5, 0.6) is 5.75 Å². The molecule has 1 heterocycles. The van der Waals surface area contributed by atoms with Gasteiger partial charge in [-0.3, -0.25) is 4.98 Å². The average Bonchev–Trinajstić information content (AvgIpc) is 2.38. The summed E-state index contributed by atoms with van der Waals surface area (Å²) in [6, 6.07) is 11.3. The number of aliphatic hydroxyl groups is 1. The van der Waals surface area contributed by atoms with Crippen LogP contribution in [-0.2, 0) is 6.61 Å². The number of hydrogen-bond donors (Lipinski definition) is 1. The Morgan fingerprint density at radius 1 is 1.25 bits per heavy atom. The van der Waals surface area contributed by atoms with Gasteiger partial charge in [0.15, 0.2) is 0 Å². The minimum absolute atomic E-state index is 0.0307. The van der Waals surface area contributed by atoms with Gasteiger partial charge >= 0.3 is 0 Å². The Hall–Kier alpha value is -1.87. The lowest BCUT2D eigenvalue weighted by atomic mass is 10.1. The van der Waals surface area contributed by atoms with Gasteiger partial charge in [-0.1, -0.05) is 18.2 Å². The quantitative estimate of drug-likeness (QED) is 0.853. The molecule has 16 heavy (non-hydrogen) atoms. The molecular weight excluding hydrogens is 202 g/mol. The van der Waals surface area contributed by atoms with Gasteiger partial charge in [-0.25, -0.2) is 0 Å². The highest BCUT2D eigenvalue weighted by atomic mass is 16.5. The Morgan fingerprint density at radius 3 is 2.88 bits per heavy atom. The summed E-state index contributed by atoms with van der Waals surface area (Å²) in [6.45, 7) is 0.0307. The summed E-state index contributed by atoms with van der Waals surface area (Å²) < 4.78 is 5.25. The number of rotatable bonds is 3. The van der Waals surface area contributed by atoms with Crippen LogP contribution in [0.1, 0.15) is 5.56 Å². The second-order valence-corrected chi connectivity index (χ2v) is 3.41. The van der Waals surface area contributed by atoms with E-state index < -0.39 is 0 Å². The Morgan fingerprint density at radius 2 is 2.12 bits per heavy atom. The highest BCUT2D eigenvalue weighted by Gasteiger charge is 2.06. The number of ether oxygens (including phenoxy) is 1. The van der Waals surface area contributed by atoms with Crippen LogP contribution in [0, 0.1) is 0 Å². The van der Waals surface area contributed by atoms with Crippen LogP contribution in [0.3, 0.4) is 0 Å². The van der Waals surface area contributed by atoms with E-state index in [0.29, 0.717) is 0 Å². The van der Waals surface area contributed by atoms with E-state index in [2.05, 4.69) is 4.98 Å². The van der Waals surface area contributed by atoms with Gasteiger partial charge in [0.1, 0.15) is 11.4 Å². The summed E-state index contributed by atoms with van der Waals surface area (Å²) in [5, 5.41) is 9.08. The van der Waals surface area contributed by atoms with E-state index in [4.69, 9.17) is 9.84 Å². The van der Waals surface area contributed by atoms with Gasteiger partial charge in [0, 0.05) is 11.8 Å². The summed E-state index contributed by atoms with van der Waals surface area (Å²) in [7, 11) is 1.62. The largest absolute Gasteiger partial charge is 0.494 e. The van der Waals surface area contributed by atoms with Gasteiger partial charge in [-0.15, -0.1) is 0 Å². The first kappa shape index (κ1) is 10.6. The highest BCUT2D eigenvalue weighted by Crippen LogP contribution is 2.27. The maximum absolute atomic E-state index is 9.08. The lowest BCUT2D eigenvalue weighted by Crippen LogP contribution is -1.91. The van der Waals surface area contributed by atoms with Gasteiger partial charge in [0.05, 0.1) is 13.7 Å². The smallest absolute Gasteiger partial charge is 0.145 e. The van der Waals surface area contributed by atoms with Crippen molar-refractivity contribution in [2.24, 2.45) is 0 Å². The van der Waals surface area contributed by atoms with Crippen LogP contribution in [0.15, 0.2) is 42.6 Å². The van der Waals surface area contributed by atoms with Crippen molar-refractivity contribution >= 4 is 0 Å². The van der Waals surface area contributed by atoms with E-state index in [1.165, 1.54) is 0 Å². The molecule has 0 bridgehead atoms. The van der Waals surface area contributed by atoms with Crippen molar-refractivity contribution in [2.45, 2.75) is 6.61 Å². The maximum atomic E-state index is 9.08. The molecule has 2 aromatic rings. The molecule has 0 aliphatic heterocycles. The average molecular weight is 215 g/mol. The molecule has 1 aromatic heterocycles. The van der Waals surface area contributed by atoms with Crippen molar-refractivity contribution in [2.75, 3.05) is 7.11 Å². The number of methoxy groups -OCH3 is 1. The third-order valence-corrected chi connectivity index (χ3v) is 2.37. The molecule has 0 saturated heterocycles. The predicted octanol–water partition coefficient (Wildman–Crippen LogP) is 2.25. The number of pyridine rings is 1. The van der Waals surface area contributed by atoms with Crippen molar-refractivity contribution in [3.8, 4) is 17.0 Å². The summed E-state index contributed by atoms with van der Waals surface area (Å²) in [5.74, 6) is 0.734. The molecule has 1 N–H and O–H groups in total. The first-order valence-electron chi connectivity index (χ1n) is 5.04. The van der Waals surface area contributed by atoms with Gasteiger partial charge in [-0.2, -0.15) is 0 Å². The Bertz CT molecular complexity index is 483. The first-order valence-corrected chi connectivity index (χ1v) is 5.04. The summed E-state index contributed by atoms with van der Waals surface area (Å²) >= 11 is 0. The second kappa shape index (κ2) is 4.77. The van der Waals surface area contributed by atoms with Crippen LogP contribution >= 0.6 is 0 Å². The molecule has 0 fully saturated rings. The van der Waals surface area contributed by atoms with E-state index in [0.717, 1.165) is 22.6 Å². The van der Waals surface area contributed by atoms with Crippen molar-refractivity contribution in [1.82, 2.24) is 4.98 Å². The lowest BCUT2D eigenvalue weighted by Gasteiger charge is -2.07. The van der Waals surface area contributed by atoms with Crippen molar-refractivity contribution in [1.29, 1.82) is 0 Å². The fourth-order valence-corrected chi connectivity index (χ4v) is 1.59. The minimum atomic E-state index is 0.0307. The van der Waals surface area contributed by atoms with Crippen molar-refractivity contribution in [3.05, 3.63) is 48.2 Å². The SMILES string of the molecule is COc1cccnc1-c1cccc(CO)c1. The topological polar surface area (TPSA) is 42.4 Å². The van der Waals surface area contributed by atoms with Crippen LogP contribution in [0.25, 0.3) is 11.3 Å². The molecule has 1 aromatic carbocycles. The van der Waals surface area contributed by atoms with Gasteiger partial charge in [0.2, 0.25) is 0 Å². The van der Waals surface area contributed by atoms with Crippen molar-refractivity contribution in [3.63, 3.8) is 0 Å². The molecule has 3 nitrogen and oxygen atoms in total. The number of hydrogen-bond acceptors (Lipinski definition) is 3. The molecule has 0 saturated carbocycles. The maximum Gasteiger partial charge on any atom is 0.145 e. The van der Waals surface area contributed by atoms with Crippen LogP contribution in [-0.4, -0.2) is 17.2 Å². The molecule has 3 heteroatoms. The van der Waals surface area contributed by atoms with Crippen LogP contribution in [0.2, 0.25) is 0 Å². The van der Waals surface area contributed by atoms with E-state index in [-0.39, 0.29) is 6.61 Å². The van der Waals surface area contributed by atoms with E-state index in [1.807, 2.05) is 36.4 Å². The van der Waals surface area contributed by atoms with Crippen LogP contribution in [0.4, 0.5) is 0 Å². The number of nitrogens with zero attached hydrogens (tertiary/aromatic N) is 1. The summed E-state index contributed by atoms with van der Waals surface area (Å²) in [6.07, 6.45) is 1.73. The monoisotopic (exact) mass is 215 g/mol. The molecule has 0 radical (unpaired) electrons. The number of aromatic nitrogens is 1. The standard InChI is InChI=1S/C13H13NO2/c1-16-12-6-3-7-14-13(12)11-5-2-4-10(8-11)9-15/h2-8,15H,9H2,1H3. The zero-order valence-electron chi connectivity index (χ0n) is 9.05. The Balaban J connectivity index is 2.49. The fourth-order valence-electron chi connectivity index (χ4n) is 1.59. The number of benzene rings is 1. The number of aliphatic hydroxyl groups excluding tert-OH is 1. The predicted molar refractivity (Wildman–Crippen MR) is 62.1 cm³/mol.